The molecule has 2 aliphatic rings. The Morgan fingerprint density at radius 1 is 1.23 bits per heavy atom. The van der Waals surface area contributed by atoms with Gasteiger partial charge in [-0.05, 0) is 30.0 Å². The van der Waals surface area contributed by atoms with Gasteiger partial charge in [-0.2, -0.15) is 13.2 Å². The third kappa shape index (κ3) is 3.76. The predicted octanol–water partition coefficient (Wildman–Crippen LogP) is 4.11. The third-order valence-electron chi connectivity index (χ3n) is 4.53. The van der Waals surface area contributed by atoms with Gasteiger partial charge in [-0.15, -0.1) is 0 Å². The van der Waals surface area contributed by atoms with Crippen molar-refractivity contribution in [2.24, 2.45) is 5.92 Å². The molecule has 1 N–H and O–H groups in total. The fraction of sp³-hybridized carbons (Fsp3) is 0.625. The van der Waals surface area contributed by atoms with Crippen molar-refractivity contribution in [3.05, 3.63) is 34.3 Å². The zero-order chi connectivity index (χ0) is 15.7. The van der Waals surface area contributed by atoms with Crippen molar-refractivity contribution in [1.82, 2.24) is 10.2 Å². The molecule has 1 atom stereocenters. The quantitative estimate of drug-likeness (QED) is 0.892. The van der Waals surface area contributed by atoms with Crippen LogP contribution in [0, 0.1) is 5.92 Å². The Kier molecular flexibility index (Phi) is 4.67. The van der Waals surface area contributed by atoms with Crippen molar-refractivity contribution in [2.45, 2.75) is 31.5 Å². The lowest BCUT2D eigenvalue weighted by Crippen LogP contribution is -2.45. The second-order valence-electron chi connectivity index (χ2n) is 6.22. The highest BCUT2D eigenvalue weighted by molar-refractivity contribution is 6.31. The van der Waals surface area contributed by atoms with Gasteiger partial charge in [0.1, 0.15) is 0 Å². The van der Waals surface area contributed by atoms with Crippen LogP contribution in [0.5, 0.6) is 0 Å². The van der Waals surface area contributed by atoms with Gasteiger partial charge in [0, 0.05) is 32.2 Å². The predicted molar refractivity (Wildman–Crippen MR) is 81.0 cm³/mol. The number of piperazine rings is 1. The van der Waals surface area contributed by atoms with Gasteiger partial charge in [-0.3, -0.25) is 4.90 Å². The second kappa shape index (κ2) is 6.38. The highest BCUT2D eigenvalue weighted by atomic mass is 35.5. The summed E-state index contributed by atoms with van der Waals surface area (Å²) in [6.07, 6.45) is -1.07. The van der Waals surface area contributed by atoms with Gasteiger partial charge in [0.25, 0.3) is 0 Å². The number of nitrogens with zero attached hydrogens (tertiary/aromatic N) is 1. The summed E-state index contributed by atoms with van der Waals surface area (Å²) >= 11 is 5.75. The SMILES string of the molecule is FC(F)(F)c1cc([C@@H](CC2CC2)N2CCNCC2)ccc1Cl. The molecule has 0 unspecified atom stereocenters. The van der Waals surface area contributed by atoms with Crippen LogP contribution in [0.3, 0.4) is 0 Å². The van der Waals surface area contributed by atoms with E-state index in [1.54, 1.807) is 6.07 Å². The van der Waals surface area contributed by atoms with Crippen LogP contribution in [-0.4, -0.2) is 31.1 Å². The standard InChI is InChI=1S/C16H20ClF3N2/c17-14-4-3-12(10-13(14)16(18,19)20)15(9-11-1-2-11)22-7-5-21-6-8-22/h3-4,10-11,15,21H,1-2,5-9H2/t15-/m1/s1. The van der Waals surface area contributed by atoms with Crippen molar-refractivity contribution in [3.63, 3.8) is 0 Å². The van der Waals surface area contributed by atoms with E-state index in [0.717, 1.165) is 38.2 Å². The topological polar surface area (TPSA) is 15.3 Å². The molecule has 1 aliphatic carbocycles. The van der Waals surface area contributed by atoms with Crippen molar-refractivity contribution in [3.8, 4) is 0 Å². The summed E-state index contributed by atoms with van der Waals surface area (Å²) in [5.74, 6) is 0.657. The molecule has 0 spiro atoms. The second-order valence-corrected chi connectivity index (χ2v) is 6.63. The summed E-state index contributed by atoms with van der Waals surface area (Å²) in [4.78, 5) is 2.30. The molecule has 3 rings (SSSR count). The monoisotopic (exact) mass is 332 g/mol. The zero-order valence-corrected chi connectivity index (χ0v) is 13.1. The molecule has 0 radical (unpaired) electrons. The summed E-state index contributed by atoms with van der Waals surface area (Å²) in [6.45, 7) is 3.53. The lowest BCUT2D eigenvalue weighted by Gasteiger charge is -2.35. The molecule has 0 aromatic heterocycles. The number of benzene rings is 1. The van der Waals surface area contributed by atoms with Gasteiger partial charge >= 0.3 is 6.18 Å². The molecule has 122 valence electrons. The number of hydrogen-bond acceptors (Lipinski definition) is 2. The molecule has 2 nitrogen and oxygen atoms in total. The average Bonchev–Trinajstić information content (AvgIpc) is 3.29. The summed E-state index contributed by atoms with van der Waals surface area (Å²) < 4.78 is 39.3. The molecule has 22 heavy (non-hydrogen) atoms. The largest absolute Gasteiger partial charge is 0.417 e. The number of alkyl halides is 3. The Balaban J connectivity index is 1.89. The number of rotatable bonds is 4. The maximum atomic E-state index is 13.1. The minimum atomic E-state index is -4.40. The van der Waals surface area contributed by atoms with Crippen molar-refractivity contribution in [1.29, 1.82) is 0 Å². The van der Waals surface area contributed by atoms with E-state index in [-0.39, 0.29) is 11.1 Å². The fourth-order valence-corrected chi connectivity index (χ4v) is 3.35. The van der Waals surface area contributed by atoms with Gasteiger partial charge in [0.2, 0.25) is 0 Å². The van der Waals surface area contributed by atoms with Gasteiger partial charge in [-0.1, -0.05) is 30.5 Å². The van der Waals surface area contributed by atoms with Crippen LogP contribution >= 0.6 is 11.6 Å². The van der Waals surface area contributed by atoms with Crippen molar-refractivity contribution < 1.29 is 13.2 Å². The molecular weight excluding hydrogens is 313 g/mol. The molecule has 1 saturated carbocycles. The first-order valence-electron chi connectivity index (χ1n) is 7.76. The first-order valence-corrected chi connectivity index (χ1v) is 8.14. The highest BCUT2D eigenvalue weighted by Gasteiger charge is 2.35. The smallest absolute Gasteiger partial charge is 0.314 e. The van der Waals surface area contributed by atoms with E-state index in [4.69, 9.17) is 11.6 Å². The van der Waals surface area contributed by atoms with Crippen LogP contribution in [0.2, 0.25) is 5.02 Å². The van der Waals surface area contributed by atoms with Crippen LogP contribution in [0.4, 0.5) is 13.2 Å². The highest BCUT2D eigenvalue weighted by Crippen LogP contribution is 2.42. The summed E-state index contributed by atoms with van der Waals surface area (Å²) in [6, 6.07) is 4.46. The van der Waals surface area contributed by atoms with Gasteiger partial charge in [0.15, 0.2) is 0 Å². The zero-order valence-electron chi connectivity index (χ0n) is 12.3. The molecule has 2 fully saturated rings. The van der Waals surface area contributed by atoms with E-state index >= 15 is 0 Å². The van der Waals surface area contributed by atoms with E-state index in [9.17, 15) is 13.2 Å². The Hall–Kier alpha value is -0.780. The number of nitrogens with one attached hydrogen (secondary N) is 1. The van der Waals surface area contributed by atoms with Crippen molar-refractivity contribution >= 4 is 11.6 Å². The molecule has 6 heteroatoms. The van der Waals surface area contributed by atoms with Gasteiger partial charge in [0.05, 0.1) is 10.6 Å². The number of hydrogen-bond donors (Lipinski definition) is 1. The molecule has 1 saturated heterocycles. The van der Waals surface area contributed by atoms with E-state index in [0.29, 0.717) is 5.92 Å². The maximum absolute atomic E-state index is 13.1. The summed E-state index contributed by atoms with van der Waals surface area (Å²) in [7, 11) is 0. The Bertz CT molecular complexity index is 523. The van der Waals surface area contributed by atoms with E-state index in [2.05, 4.69) is 10.2 Å². The van der Waals surface area contributed by atoms with Crippen molar-refractivity contribution in [2.75, 3.05) is 26.2 Å². The van der Waals surface area contributed by atoms with Gasteiger partial charge < -0.3 is 5.32 Å². The lowest BCUT2D eigenvalue weighted by molar-refractivity contribution is -0.137. The Morgan fingerprint density at radius 2 is 1.91 bits per heavy atom. The first kappa shape index (κ1) is 16.1. The maximum Gasteiger partial charge on any atom is 0.417 e. The third-order valence-corrected chi connectivity index (χ3v) is 4.86. The van der Waals surface area contributed by atoms with E-state index < -0.39 is 11.7 Å². The van der Waals surface area contributed by atoms with Crippen LogP contribution in [0.15, 0.2) is 18.2 Å². The number of halogens is 4. The molecule has 1 aromatic rings. The molecular formula is C16H20ClF3N2. The van der Waals surface area contributed by atoms with E-state index in [1.807, 2.05) is 0 Å². The van der Waals surface area contributed by atoms with Crippen LogP contribution in [-0.2, 0) is 6.18 Å². The minimum absolute atomic E-state index is 0.0629. The first-order chi connectivity index (χ1) is 10.4. The molecule has 1 aromatic carbocycles. The van der Waals surface area contributed by atoms with Crippen LogP contribution < -0.4 is 5.32 Å². The lowest BCUT2D eigenvalue weighted by atomic mass is 9.97. The fourth-order valence-electron chi connectivity index (χ4n) is 3.13. The molecule has 0 amide bonds. The Morgan fingerprint density at radius 3 is 2.50 bits per heavy atom. The van der Waals surface area contributed by atoms with E-state index in [1.165, 1.54) is 25.0 Å². The molecule has 1 aliphatic heterocycles. The summed E-state index contributed by atoms with van der Waals surface area (Å²) in [5, 5.41) is 3.07. The van der Waals surface area contributed by atoms with Crippen LogP contribution in [0.25, 0.3) is 0 Å². The van der Waals surface area contributed by atoms with Crippen LogP contribution in [0.1, 0.15) is 36.4 Å². The molecule has 1 heterocycles. The Labute approximate surface area is 133 Å². The summed E-state index contributed by atoms with van der Waals surface area (Å²) in [5.41, 5.74) is 0.0214. The minimum Gasteiger partial charge on any atom is -0.314 e. The average molecular weight is 333 g/mol. The molecule has 0 bridgehead atoms. The normalized spacial score (nSPS) is 21.8. The van der Waals surface area contributed by atoms with Gasteiger partial charge in [-0.25, -0.2) is 0 Å².